The number of aromatic nitrogens is 6. The van der Waals surface area contributed by atoms with Crippen molar-refractivity contribution in [2.75, 3.05) is 5.32 Å². The van der Waals surface area contributed by atoms with Gasteiger partial charge in [0, 0.05) is 17.8 Å². The predicted molar refractivity (Wildman–Crippen MR) is 90.6 cm³/mol. The molecule has 0 saturated heterocycles. The average molecular weight is 337 g/mol. The smallest absolute Gasteiger partial charge is 0.261 e. The fourth-order valence-corrected chi connectivity index (χ4v) is 2.44. The number of rotatable bonds is 4. The summed E-state index contributed by atoms with van der Waals surface area (Å²) in [6.07, 6.45) is 6.42. The van der Waals surface area contributed by atoms with E-state index < -0.39 is 0 Å². The Morgan fingerprint density at radius 1 is 1.36 bits per heavy atom. The van der Waals surface area contributed by atoms with Crippen LogP contribution in [-0.4, -0.2) is 41.8 Å². The van der Waals surface area contributed by atoms with E-state index in [0.717, 1.165) is 5.39 Å². The molecule has 0 spiro atoms. The first-order valence-corrected chi connectivity index (χ1v) is 7.72. The number of aromatic amines is 1. The lowest BCUT2D eigenvalue weighted by Gasteiger charge is -2.13. The van der Waals surface area contributed by atoms with Crippen LogP contribution >= 0.6 is 0 Å². The Labute approximate surface area is 142 Å². The van der Waals surface area contributed by atoms with Gasteiger partial charge >= 0.3 is 0 Å². The van der Waals surface area contributed by atoms with Gasteiger partial charge in [-0.15, -0.1) is 0 Å². The van der Waals surface area contributed by atoms with E-state index in [0.29, 0.717) is 22.5 Å². The van der Waals surface area contributed by atoms with E-state index in [-0.39, 0.29) is 17.9 Å². The van der Waals surface area contributed by atoms with Crippen LogP contribution in [0.2, 0.25) is 0 Å². The Bertz CT molecular complexity index is 1070. The molecule has 1 amide bonds. The molecule has 4 rings (SSSR count). The summed E-state index contributed by atoms with van der Waals surface area (Å²) in [6, 6.07) is 3.45. The molecular weight excluding hydrogens is 322 g/mol. The maximum absolute atomic E-state index is 12.8. The van der Waals surface area contributed by atoms with Gasteiger partial charge in [0.15, 0.2) is 11.3 Å². The Morgan fingerprint density at radius 2 is 2.24 bits per heavy atom. The highest BCUT2D eigenvalue weighted by molar-refractivity contribution is 6.08. The van der Waals surface area contributed by atoms with Crippen LogP contribution in [0.25, 0.3) is 16.7 Å². The zero-order chi connectivity index (χ0) is 17.4. The molecule has 0 saturated carbocycles. The van der Waals surface area contributed by atoms with Crippen LogP contribution in [0.15, 0.2) is 36.9 Å². The highest BCUT2D eigenvalue weighted by Crippen LogP contribution is 2.24. The standard InChI is InChI=1S/C16H15N7O2/c1-9(2)25-16-11(6-10-7-18-22-13(10)21-16)15(24)20-12-8-19-23-5-3-4-17-14(12)23/h3-9H,1-2H3,(H,20,24)(H,18,21,22). The molecule has 9 nitrogen and oxygen atoms in total. The molecule has 0 aliphatic heterocycles. The largest absolute Gasteiger partial charge is 0.474 e. The number of fused-ring (bicyclic) bond motifs is 2. The van der Waals surface area contributed by atoms with Gasteiger partial charge < -0.3 is 10.1 Å². The lowest BCUT2D eigenvalue weighted by molar-refractivity contribution is 0.102. The minimum absolute atomic E-state index is 0.127. The summed E-state index contributed by atoms with van der Waals surface area (Å²) >= 11 is 0. The number of hydrogen-bond acceptors (Lipinski definition) is 6. The number of ether oxygens (including phenoxy) is 1. The topological polar surface area (TPSA) is 110 Å². The summed E-state index contributed by atoms with van der Waals surface area (Å²) in [5, 5.41) is 14.4. The van der Waals surface area contributed by atoms with Gasteiger partial charge in [-0.3, -0.25) is 9.89 Å². The van der Waals surface area contributed by atoms with Crippen molar-refractivity contribution in [1.82, 2.24) is 29.8 Å². The second kappa shape index (κ2) is 5.86. The summed E-state index contributed by atoms with van der Waals surface area (Å²) < 4.78 is 7.28. The van der Waals surface area contributed by atoms with Gasteiger partial charge in [0.25, 0.3) is 5.91 Å². The van der Waals surface area contributed by atoms with Crippen molar-refractivity contribution >= 4 is 28.3 Å². The number of nitrogens with one attached hydrogen (secondary N) is 2. The number of carbonyl (C=O) groups excluding carboxylic acids is 1. The summed E-state index contributed by atoms with van der Waals surface area (Å²) in [7, 11) is 0. The zero-order valence-corrected chi connectivity index (χ0v) is 13.6. The number of hydrogen-bond donors (Lipinski definition) is 2. The van der Waals surface area contributed by atoms with Crippen LogP contribution in [0.4, 0.5) is 5.69 Å². The zero-order valence-electron chi connectivity index (χ0n) is 13.6. The number of H-pyrrole nitrogens is 1. The number of nitrogens with zero attached hydrogens (tertiary/aromatic N) is 5. The minimum atomic E-state index is -0.355. The van der Waals surface area contributed by atoms with Crippen molar-refractivity contribution in [3.8, 4) is 5.88 Å². The molecular formula is C16H15N7O2. The Balaban J connectivity index is 1.73. The second-order valence-electron chi connectivity index (χ2n) is 5.72. The van der Waals surface area contributed by atoms with Crippen LogP contribution in [-0.2, 0) is 0 Å². The molecule has 9 heteroatoms. The molecule has 0 aliphatic carbocycles. The van der Waals surface area contributed by atoms with E-state index in [2.05, 4.69) is 30.6 Å². The first-order valence-electron chi connectivity index (χ1n) is 7.72. The number of anilines is 1. The van der Waals surface area contributed by atoms with Crippen molar-refractivity contribution in [1.29, 1.82) is 0 Å². The molecule has 0 fully saturated rings. The molecule has 0 bridgehead atoms. The van der Waals surface area contributed by atoms with Gasteiger partial charge in [-0.2, -0.15) is 15.2 Å². The van der Waals surface area contributed by atoms with Crippen molar-refractivity contribution in [3.05, 3.63) is 42.5 Å². The molecule has 2 N–H and O–H groups in total. The first-order chi connectivity index (χ1) is 12.1. The van der Waals surface area contributed by atoms with E-state index in [1.165, 1.54) is 0 Å². The maximum Gasteiger partial charge on any atom is 0.261 e. The summed E-state index contributed by atoms with van der Waals surface area (Å²) in [4.78, 5) is 21.4. The summed E-state index contributed by atoms with van der Waals surface area (Å²) in [6.45, 7) is 3.74. The lowest BCUT2D eigenvalue weighted by atomic mass is 10.2. The van der Waals surface area contributed by atoms with E-state index in [1.807, 2.05) is 13.8 Å². The molecule has 25 heavy (non-hydrogen) atoms. The van der Waals surface area contributed by atoms with Gasteiger partial charge in [0.2, 0.25) is 5.88 Å². The Kier molecular flexibility index (Phi) is 3.53. The van der Waals surface area contributed by atoms with Crippen molar-refractivity contribution in [3.63, 3.8) is 0 Å². The third-order valence-electron chi connectivity index (χ3n) is 3.51. The molecule has 126 valence electrons. The second-order valence-corrected chi connectivity index (χ2v) is 5.72. The molecule has 0 aromatic carbocycles. The van der Waals surface area contributed by atoms with Crippen molar-refractivity contribution < 1.29 is 9.53 Å². The third kappa shape index (κ3) is 2.75. The molecule has 0 aliphatic rings. The highest BCUT2D eigenvalue weighted by atomic mass is 16.5. The van der Waals surface area contributed by atoms with Gasteiger partial charge in [-0.05, 0) is 26.0 Å². The van der Waals surface area contributed by atoms with Gasteiger partial charge in [0.05, 0.1) is 18.5 Å². The van der Waals surface area contributed by atoms with Gasteiger partial charge in [-0.1, -0.05) is 0 Å². The fraction of sp³-hybridized carbons (Fsp3) is 0.188. The molecule has 0 unspecified atom stereocenters. The van der Waals surface area contributed by atoms with E-state index in [4.69, 9.17) is 4.74 Å². The summed E-state index contributed by atoms with van der Waals surface area (Å²) in [5.41, 5.74) is 1.94. The van der Waals surface area contributed by atoms with Crippen molar-refractivity contribution in [2.24, 2.45) is 0 Å². The maximum atomic E-state index is 12.8. The summed E-state index contributed by atoms with van der Waals surface area (Å²) in [5.74, 6) is -0.111. The van der Waals surface area contributed by atoms with Gasteiger partial charge in [-0.25, -0.2) is 9.50 Å². The Morgan fingerprint density at radius 3 is 3.08 bits per heavy atom. The van der Waals surface area contributed by atoms with E-state index >= 15 is 0 Å². The molecule has 4 aromatic rings. The van der Waals surface area contributed by atoms with E-state index in [9.17, 15) is 4.79 Å². The highest BCUT2D eigenvalue weighted by Gasteiger charge is 2.19. The average Bonchev–Trinajstić information content (AvgIpc) is 3.20. The van der Waals surface area contributed by atoms with Crippen LogP contribution in [0.3, 0.4) is 0 Å². The van der Waals surface area contributed by atoms with Crippen LogP contribution in [0, 0.1) is 0 Å². The van der Waals surface area contributed by atoms with E-state index in [1.54, 1.807) is 41.4 Å². The minimum Gasteiger partial charge on any atom is -0.474 e. The first kappa shape index (κ1) is 15.1. The monoisotopic (exact) mass is 337 g/mol. The fourth-order valence-electron chi connectivity index (χ4n) is 2.44. The SMILES string of the molecule is CC(C)Oc1nc2[nH]ncc2cc1C(=O)Nc1cnn2cccnc12. The predicted octanol–water partition coefficient (Wildman–Crippen LogP) is 2.04. The quantitative estimate of drug-likeness (QED) is 0.589. The van der Waals surface area contributed by atoms with Crippen LogP contribution in [0.5, 0.6) is 5.88 Å². The van der Waals surface area contributed by atoms with Crippen LogP contribution in [0.1, 0.15) is 24.2 Å². The van der Waals surface area contributed by atoms with Crippen molar-refractivity contribution in [2.45, 2.75) is 20.0 Å². The number of pyridine rings is 1. The number of carbonyl (C=O) groups is 1. The lowest BCUT2D eigenvalue weighted by Crippen LogP contribution is -2.17. The van der Waals surface area contributed by atoms with Gasteiger partial charge in [0.1, 0.15) is 11.3 Å². The van der Waals surface area contributed by atoms with Crippen LogP contribution < -0.4 is 10.1 Å². The number of amides is 1. The molecule has 0 atom stereocenters. The normalized spacial score (nSPS) is 11.3. The molecule has 4 aromatic heterocycles. The third-order valence-corrected chi connectivity index (χ3v) is 3.51. The molecule has 4 heterocycles. The Hall–Kier alpha value is -3.49. The molecule has 0 radical (unpaired) electrons.